The maximum absolute atomic E-state index is 14.0. The van der Waals surface area contributed by atoms with Gasteiger partial charge in [-0.25, -0.2) is 8.78 Å². The number of hydrogen-bond donors (Lipinski definition) is 2. The number of rotatable bonds is 9. The number of nitrogens with one attached hydrogen (secondary N) is 1. The van der Waals surface area contributed by atoms with E-state index in [1.165, 1.54) is 0 Å². The Kier molecular flexibility index (Phi) is 7.90. The molecule has 0 unspecified atom stereocenters. The lowest BCUT2D eigenvalue weighted by Crippen LogP contribution is -2.49. The van der Waals surface area contributed by atoms with Crippen LogP contribution < -0.4 is 10.1 Å². The van der Waals surface area contributed by atoms with Crippen molar-refractivity contribution in [3.8, 4) is 5.75 Å². The van der Waals surface area contributed by atoms with Crippen molar-refractivity contribution in [3.63, 3.8) is 0 Å². The molecule has 1 fully saturated rings. The van der Waals surface area contributed by atoms with Gasteiger partial charge in [-0.2, -0.15) is 0 Å². The second-order valence-corrected chi connectivity index (χ2v) is 10.6. The average Bonchev–Trinajstić information content (AvgIpc) is 3.38. The summed E-state index contributed by atoms with van der Waals surface area (Å²) in [6.45, 7) is 0.885. The van der Waals surface area contributed by atoms with Crippen LogP contribution in [0.5, 0.6) is 5.75 Å². The Hall–Kier alpha value is -3.82. The molecule has 0 radical (unpaired) electrons. The molecule has 1 saturated heterocycles. The molecule has 4 aromatic rings. The summed E-state index contributed by atoms with van der Waals surface area (Å²) in [5.41, 5.74) is 0.823. The molecule has 3 aromatic carbocycles. The van der Waals surface area contributed by atoms with Gasteiger partial charge < -0.3 is 19.9 Å². The van der Waals surface area contributed by atoms with Crippen LogP contribution in [0.2, 0.25) is 0 Å². The molecule has 0 saturated carbocycles. The molecule has 0 bridgehead atoms. The zero-order valence-electron chi connectivity index (χ0n) is 21.0. The minimum Gasteiger partial charge on any atom is -0.486 e. The molecule has 2 N–H and O–H groups in total. The minimum absolute atomic E-state index is 0.102. The second kappa shape index (κ2) is 11.5. The van der Waals surface area contributed by atoms with Crippen LogP contribution in [0.25, 0.3) is 10.1 Å². The van der Waals surface area contributed by atoms with Crippen LogP contribution in [-0.4, -0.2) is 30.2 Å². The first-order valence-corrected chi connectivity index (χ1v) is 13.5. The van der Waals surface area contributed by atoms with E-state index in [1.807, 2.05) is 24.3 Å². The van der Waals surface area contributed by atoms with E-state index in [2.05, 4.69) is 11.4 Å². The summed E-state index contributed by atoms with van der Waals surface area (Å²) in [7, 11) is 0. The number of thiophene rings is 1. The molecule has 6 nitrogen and oxygen atoms in total. The first-order valence-electron chi connectivity index (χ1n) is 12.6. The van der Waals surface area contributed by atoms with Crippen LogP contribution >= 0.6 is 11.3 Å². The fourth-order valence-corrected chi connectivity index (χ4v) is 6.05. The third kappa shape index (κ3) is 6.10. The summed E-state index contributed by atoms with van der Waals surface area (Å²) in [5.74, 6) is -2.87. The summed E-state index contributed by atoms with van der Waals surface area (Å²) >= 11 is 1.64. The molecule has 202 valence electrons. The summed E-state index contributed by atoms with van der Waals surface area (Å²) < 4.78 is 39.8. The molecule has 0 spiro atoms. The van der Waals surface area contributed by atoms with Crippen LogP contribution in [0, 0.1) is 11.6 Å². The molecule has 0 aliphatic carbocycles. The minimum atomic E-state index is -0.971. The normalized spacial score (nSPS) is 14.7. The predicted octanol–water partition coefficient (Wildman–Crippen LogP) is 6.21. The van der Waals surface area contributed by atoms with E-state index in [0.717, 1.165) is 33.2 Å². The van der Waals surface area contributed by atoms with E-state index in [-0.39, 0.29) is 31.1 Å². The van der Waals surface area contributed by atoms with Crippen molar-refractivity contribution in [1.82, 2.24) is 5.32 Å². The zero-order chi connectivity index (χ0) is 27.4. The van der Waals surface area contributed by atoms with Gasteiger partial charge in [0.2, 0.25) is 0 Å². The number of fused-ring (bicyclic) bond motifs is 1. The Morgan fingerprint density at radius 3 is 2.59 bits per heavy atom. The van der Waals surface area contributed by atoms with E-state index >= 15 is 0 Å². The fourth-order valence-electron chi connectivity index (χ4n) is 4.79. The lowest BCUT2D eigenvalue weighted by atomic mass is 9.87. The number of carboxylic acid groups (broad SMARTS) is 1. The van der Waals surface area contributed by atoms with Gasteiger partial charge in [-0.15, -0.1) is 11.3 Å². The molecule has 1 aromatic heterocycles. The Bertz CT molecular complexity index is 1480. The Balaban J connectivity index is 1.45. The van der Waals surface area contributed by atoms with Crippen molar-refractivity contribution in [1.29, 1.82) is 0 Å². The van der Waals surface area contributed by atoms with Crippen LogP contribution in [0.3, 0.4) is 0 Å². The molecular formula is C30H27F2NO5S. The van der Waals surface area contributed by atoms with E-state index < -0.39 is 23.1 Å². The molecule has 39 heavy (non-hydrogen) atoms. The molecular weight excluding hydrogens is 524 g/mol. The molecule has 1 amide bonds. The predicted molar refractivity (Wildman–Crippen MR) is 144 cm³/mol. The van der Waals surface area contributed by atoms with Crippen molar-refractivity contribution in [2.24, 2.45) is 0 Å². The maximum Gasteiger partial charge on any atom is 0.303 e. The number of aliphatic carboxylic acids is 1. The van der Waals surface area contributed by atoms with Crippen LogP contribution in [0.1, 0.15) is 45.6 Å². The van der Waals surface area contributed by atoms with Gasteiger partial charge in [0.1, 0.15) is 12.4 Å². The number of amides is 1. The van der Waals surface area contributed by atoms with E-state index in [9.17, 15) is 23.5 Å². The molecule has 9 heteroatoms. The molecule has 1 aliphatic heterocycles. The lowest BCUT2D eigenvalue weighted by molar-refractivity contribution is -0.136. The van der Waals surface area contributed by atoms with Crippen LogP contribution in [0.4, 0.5) is 8.78 Å². The Morgan fingerprint density at radius 1 is 1.03 bits per heavy atom. The summed E-state index contributed by atoms with van der Waals surface area (Å²) in [6.07, 6.45) is 1.21. The number of carbonyl (C=O) groups excluding carboxylic acids is 1. The van der Waals surface area contributed by atoms with Crippen molar-refractivity contribution in [2.75, 3.05) is 13.2 Å². The summed E-state index contributed by atoms with van der Waals surface area (Å²) in [6, 6.07) is 18.1. The van der Waals surface area contributed by atoms with Crippen molar-refractivity contribution < 1.29 is 33.0 Å². The van der Waals surface area contributed by atoms with Gasteiger partial charge in [-0.3, -0.25) is 9.59 Å². The van der Waals surface area contributed by atoms with Gasteiger partial charge in [-0.05, 0) is 66.1 Å². The average molecular weight is 552 g/mol. The Morgan fingerprint density at radius 2 is 1.82 bits per heavy atom. The van der Waals surface area contributed by atoms with Gasteiger partial charge in [0.05, 0.1) is 5.54 Å². The maximum atomic E-state index is 14.0. The smallest absolute Gasteiger partial charge is 0.303 e. The third-order valence-corrected chi connectivity index (χ3v) is 8.23. The fraction of sp³-hybridized carbons (Fsp3) is 0.267. The third-order valence-electron chi connectivity index (χ3n) is 6.91. The monoisotopic (exact) mass is 551 g/mol. The molecule has 5 rings (SSSR count). The molecule has 1 aliphatic rings. The second-order valence-electron chi connectivity index (χ2n) is 9.55. The van der Waals surface area contributed by atoms with Crippen molar-refractivity contribution in [2.45, 2.75) is 37.8 Å². The van der Waals surface area contributed by atoms with Crippen molar-refractivity contribution >= 4 is 33.3 Å². The standard InChI is InChI=1S/C30H27F2NO5S/c31-22-8-9-24(32)25(17-22)38-18-19-5-6-20(7-10-28(34)35)23(15-19)29(36)33-30(11-13-37-14-12-30)27-16-21-3-1-2-4-26(21)39-27/h1-6,8-9,15-17H,7,10-14,18H2,(H,33,36)(H,34,35). The SMILES string of the molecule is O=C(O)CCc1ccc(COc2cc(F)ccc2F)cc1C(=O)NC1(c2cc3ccccc3s2)CCOCC1. The Labute approximate surface area is 228 Å². The number of hydrogen-bond acceptors (Lipinski definition) is 5. The largest absolute Gasteiger partial charge is 0.486 e. The molecule has 2 heterocycles. The van der Waals surface area contributed by atoms with Gasteiger partial charge in [0, 0.05) is 40.8 Å². The first kappa shape index (κ1) is 26.8. The van der Waals surface area contributed by atoms with Gasteiger partial charge >= 0.3 is 5.97 Å². The number of aryl methyl sites for hydroxylation is 1. The number of benzene rings is 3. The van der Waals surface area contributed by atoms with Gasteiger partial charge in [0.25, 0.3) is 5.91 Å². The quantitative estimate of drug-likeness (QED) is 0.258. The topological polar surface area (TPSA) is 84.9 Å². The van der Waals surface area contributed by atoms with Crippen LogP contribution in [-0.2, 0) is 28.1 Å². The zero-order valence-corrected chi connectivity index (χ0v) is 21.9. The van der Waals surface area contributed by atoms with Gasteiger partial charge in [0.15, 0.2) is 11.6 Å². The van der Waals surface area contributed by atoms with E-state index in [0.29, 0.717) is 42.7 Å². The number of carbonyl (C=O) groups is 2. The summed E-state index contributed by atoms with van der Waals surface area (Å²) in [5, 5.41) is 13.6. The van der Waals surface area contributed by atoms with E-state index in [4.69, 9.17) is 9.47 Å². The van der Waals surface area contributed by atoms with E-state index in [1.54, 1.807) is 29.5 Å². The molecule has 0 atom stereocenters. The number of carboxylic acids is 1. The number of ether oxygens (including phenoxy) is 2. The highest BCUT2D eigenvalue weighted by Gasteiger charge is 2.38. The highest BCUT2D eigenvalue weighted by molar-refractivity contribution is 7.19. The lowest BCUT2D eigenvalue weighted by Gasteiger charge is -2.37. The highest BCUT2D eigenvalue weighted by Crippen LogP contribution is 2.39. The first-order chi connectivity index (χ1) is 18.8. The number of halogens is 2. The van der Waals surface area contributed by atoms with Crippen molar-refractivity contribution in [3.05, 3.63) is 99.9 Å². The van der Waals surface area contributed by atoms with Crippen LogP contribution in [0.15, 0.2) is 66.7 Å². The van der Waals surface area contributed by atoms with Gasteiger partial charge in [-0.1, -0.05) is 30.3 Å². The highest BCUT2D eigenvalue weighted by atomic mass is 32.1. The summed E-state index contributed by atoms with van der Waals surface area (Å²) in [4.78, 5) is 26.2.